The van der Waals surface area contributed by atoms with E-state index in [0.717, 1.165) is 31.1 Å². The summed E-state index contributed by atoms with van der Waals surface area (Å²) in [6, 6.07) is 10.2. The Kier molecular flexibility index (Phi) is 3.25. The molecule has 1 aromatic heterocycles. The first kappa shape index (κ1) is 15.3. The molecule has 1 aromatic carbocycles. The largest absolute Gasteiger partial charge is 0.311 e. The number of carbonyl (C=O) groups is 2. The molecule has 1 amide bonds. The molecule has 0 spiro atoms. The van der Waals surface area contributed by atoms with E-state index in [1.807, 2.05) is 30.3 Å². The van der Waals surface area contributed by atoms with Gasteiger partial charge in [0.25, 0.3) is 5.91 Å². The summed E-state index contributed by atoms with van der Waals surface area (Å²) in [6.07, 6.45) is 3.92. The van der Waals surface area contributed by atoms with Gasteiger partial charge < -0.3 is 4.57 Å². The number of amides is 1. The molecule has 2 aliphatic heterocycles. The highest BCUT2D eigenvalue weighted by molar-refractivity contribution is 6.18. The first-order chi connectivity index (χ1) is 12.7. The van der Waals surface area contributed by atoms with Crippen molar-refractivity contribution in [1.82, 2.24) is 14.5 Å². The molecule has 2 atom stereocenters. The fourth-order valence-corrected chi connectivity index (χ4v) is 4.33. The second kappa shape index (κ2) is 5.52. The molecule has 0 saturated heterocycles. The van der Waals surface area contributed by atoms with Gasteiger partial charge >= 0.3 is 0 Å². The first-order valence-electron chi connectivity index (χ1n) is 8.93. The lowest BCUT2D eigenvalue weighted by molar-refractivity contribution is 0.0855. The number of aromatic nitrogens is 2. The average Bonchev–Trinajstić information content (AvgIpc) is 3.33. The van der Waals surface area contributed by atoms with Crippen LogP contribution in [0.1, 0.15) is 45.9 Å². The van der Waals surface area contributed by atoms with Crippen molar-refractivity contribution >= 4 is 24.0 Å². The lowest BCUT2D eigenvalue weighted by Gasteiger charge is -2.34. The SMILES string of the molecule is CN1C(=O)c2c(nc(C=O)n2Cc2ccccc2)N2C1=N[C@@H]1CCC[C@@H]12. The number of nitrogens with zero attached hydrogens (tertiary/aromatic N) is 5. The third-order valence-corrected chi connectivity index (χ3v) is 5.58. The number of fused-ring (bicyclic) bond motifs is 5. The summed E-state index contributed by atoms with van der Waals surface area (Å²) in [6.45, 7) is 0.436. The lowest BCUT2D eigenvalue weighted by atomic mass is 10.1. The van der Waals surface area contributed by atoms with Crippen LogP contribution in [0, 0.1) is 0 Å². The zero-order chi connectivity index (χ0) is 17.8. The quantitative estimate of drug-likeness (QED) is 0.794. The average molecular weight is 349 g/mol. The minimum absolute atomic E-state index is 0.161. The van der Waals surface area contributed by atoms with E-state index in [1.54, 1.807) is 16.5 Å². The second-order valence-electron chi connectivity index (χ2n) is 7.06. The number of aliphatic imine (C=N–C) groups is 1. The highest BCUT2D eigenvalue weighted by atomic mass is 16.2. The predicted octanol–water partition coefficient (Wildman–Crippen LogP) is 1.93. The maximum atomic E-state index is 13.1. The summed E-state index contributed by atoms with van der Waals surface area (Å²) in [5.74, 6) is 1.37. The van der Waals surface area contributed by atoms with Gasteiger partial charge in [-0.2, -0.15) is 0 Å². The van der Waals surface area contributed by atoms with Crippen LogP contribution in [0.5, 0.6) is 0 Å². The number of benzene rings is 1. The molecule has 132 valence electrons. The van der Waals surface area contributed by atoms with Crippen LogP contribution in [0.3, 0.4) is 0 Å². The van der Waals surface area contributed by atoms with Crippen LogP contribution in [-0.4, -0.2) is 51.7 Å². The third kappa shape index (κ3) is 2.00. The molecule has 7 heteroatoms. The Morgan fingerprint density at radius 3 is 2.81 bits per heavy atom. The number of imidazole rings is 1. The van der Waals surface area contributed by atoms with Gasteiger partial charge in [-0.25, -0.2) is 9.98 Å². The lowest BCUT2D eigenvalue weighted by Crippen LogP contribution is -2.51. The van der Waals surface area contributed by atoms with E-state index < -0.39 is 0 Å². The predicted molar refractivity (Wildman–Crippen MR) is 96.6 cm³/mol. The number of hydrogen-bond donors (Lipinski definition) is 0. The van der Waals surface area contributed by atoms with E-state index in [9.17, 15) is 9.59 Å². The molecule has 3 aliphatic rings. The standard InChI is InChI=1S/C19H19N5O2/c1-22-18(26)16-17(24-14-9-5-8-13(14)20-19(22)24)21-15(11-25)23(16)10-12-6-3-2-4-7-12/h2-4,6-7,11,13-14H,5,8-10H2,1H3/t13-,14+/m1/s1. The van der Waals surface area contributed by atoms with Gasteiger partial charge in [-0.05, 0) is 24.8 Å². The highest BCUT2D eigenvalue weighted by Crippen LogP contribution is 2.40. The fourth-order valence-electron chi connectivity index (χ4n) is 4.33. The Balaban J connectivity index is 1.66. The topological polar surface area (TPSA) is 70.8 Å². The Labute approximate surface area is 150 Å². The molecule has 3 heterocycles. The van der Waals surface area contributed by atoms with Crippen molar-refractivity contribution in [3.05, 3.63) is 47.4 Å². The normalized spacial score (nSPS) is 23.6. The summed E-state index contributed by atoms with van der Waals surface area (Å²) in [5, 5.41) is 0. The summed E-state index contributed by atoms with van der Waals surface area (Å²) >= 11 is 0. The van der Waals surface area contributed by atoms with Crippen LogP contribution in [-0.2, 0) is 6.54 Å². The molecule has 0 unspecified atom stereocenters. The third-order valence-electron chi connectivity index (χ3n) is 5.58. The van der Waals surface area contributed by atoms with Gasteiger partial charge in [0.05, 0.1) is 18.6 Å². The molecule has 26 heavy (non-hydrogen) atoms. The van der Waals surface area contributed by atoms with Crippen LogP contribution in [0.15, 0.2) is 35.3 Å². The zero-order valence-electron chi connectivity index (χ0n) is 14.5. The Morgan fingerprint density at radius 1 is 1.23 bits per heavy atom. The van der Waals surface area contributed by atoms with Gasteiger partial charge in [-0.15, -0.1) is 0 Å². The number of aldehydes is 1. The van der Waals surface area contributed by atoms with Crippen molar-refractivity contribution in [3.8, 4) is 0 Å². The first-order valence-corrected chi connectivity index (χ1v) is 8.93. The van der Waals surface area contributed by atoms with Gasteiger partial charge in [0.15, 0.2) is 23.6 Å². The molecule has 7 nitrogen and oxygen atoms in total. The van der Waals surface area contributed by atoms with Crippen molar-refractivity contribution in [3.63, 3.8) is 0 Å². The summed E-state index contributed by atoms with van der Waals surface area (Å²) in [7, 11) is 1.75. The van der Waals surface area contributed by atoms with Crippen LogP contribution in [0.2, 0.25) is 0 Å². The van der Waals surface area contributed by atoms with Crippen molar-refractivity contribution in [2.75, 3.05) is 11.9 Å². The van der Waals surface area contributed by atoms with Crippen LogP contribution in [0.25, 0.3) is 0 Å². The molecule has 0 radical (unpaired) electrons. The maximum absolute atomic E-state index is 13.1. The minimum Gasteiger partial charge on any atom is -0.311 e. The number of anilines is 1. The van der Waals surface area contributed by atoms with Crippen molar-refractivity contribution < 1.29 is 9.59 Å². The molecular formula is C19H19N5O2. The minimum atomic E-state index is -0.161. The van der Waals surface area contributed by atoms with Crippen molar-refractivity contribution in [2.24, 2.45) is 4.99 Å². The number of guanidine groups is 1. The number of rotatable bonds is 3. The molecule has 0 bridgehead atoms. The van der Waals surface area contributed by atoms with Gasteiger partial charge in [0.1, 0.15) is 0 Å². The molecule has 1 fully saturated rings. The van der Waals surface area contributed by atoms with Crippen LogP contribution < -0.4 is 4.90 Å². The zero-order valence-corrected chi connectivity index (χ0v) is 14.5. The fraction of sp³-hybridized carbons (Fsp3) is 0.368. The van der Waals surface area contributed by atoms with E-state index in [2.05, 4.69) is 9.88 Å². The number of hydrogen-bond acceptors (Lipinski definition) is 5. The molecule has 2 aromatic rings. The molecular weight excluding hydrogens is 330 g/mol. The van der Waals surface area contributed by atoms with Crippen molar-refractivity contribution in [2.45, 2.75) is 37.9 Å². The number of carbonyl (C=O) groups excluding carboxylic acids is 2. The summed E-state index contributed by atoms with van der Waals surface area (Å²) in [4.78, 5) is 37.7. The molecule has 5 rings (SSSR count). The summed E-state index contributed by atoms with van der Waals surface area (Å²) < 4.78 is 1.73. The van der Waals surface area contributed by atoms with Gasteiger partial charge in [0, 0.05) is 7.05 Å². The maximum Gasteiger partial charge on any atom is 0.280 e. The van der Waals surface area contributed by atoms with E-state index >= 15 is 0 Å². The van der Waals surface area contributed by atoms with E-state index in [-0.39, 0.29) is 23.8 Å². The van der Waals surface area contributed by atoms with E-state index in [4.69, 9.17) is 4.99 Å². The molecule has 0 N–H and O–H groups in total. The Hall–Kier alpha value is -2.96. The van der Waals surface area contributed by atoms with Crippen LogP contribution in [0.4, 0.5) is 5.82 Å². The Morgan fingerprint density at radius 2 is 2.04 bits per heavy atom. The monoisotopic (exact) mass is 349 g/mol. The van der Waals surface area contributed by atoms with Gasteiger partial charge in [-0.3, -0.25) is 19.4 Å². The Bertz CT molecular complexity index is 933. The highest BCUT2D eigenvalue weighted by Gasteiger charge is 2.49. The van der Waals surface area contributed by atoms with Gasteiger partial charge in [-0.1, -0.05) is 30.3 Å². The smallest absolute Gasteiger partial charge is 0.280 e. The second-order valence-corrected chi connectivity index (χ2v) is 7.06. The van der Waals surface area contributed by atoms with Gasteiger partial charge in [0.2, 0.25) is 5.96 Å². The van der Waals surface area contributed by atoms with E-state index in [1.165, 1.54) is 0 Å². The molecule has 1 saturated carbocycles. The summed E-state index contributed by atoms with van der Waals surface area (Å²) in [5.41, 5.74) is 1.50. The van der Waals surface area contributed by atoms with E-state index in [0.29, 0.717) is 24.0 Å². The molecule has 1 aliphatic carbocycles. The van der Waals surface area contributed by atoms with Crippen LogP contribution >= 0.6 is 0 Å². The van der Waals surface area contributed by atoms with Crippen molar-refractivity contribution in [1.29, 1.82) is 0 Å².